The van der Waals surface area contributed by atoms with Crippen LogP contribution in [0.3, 0.4) is 0 Å². The summed E-state index contributed by atoms with van der Waals surface area (Å²) in [5.74, 6) is -1.79. The van der Waals surface area contributed by atoms with Crippen LogP contribution < -0.4 is 10.6 Å². The van der Waals surface area contributed by atoms with E-state index in [9.17, 15) is 23.9 Å². The monoisotopic (exact) mass is 410 g/mol. The van der Waals surface area contributed by atoms with Crippen molar-refractivity contribution in [2.45, 2.75) is 70.6 Å². The molecule has 3 N–H and O–H groups in total. The number of aliphatic carboxylic acids is 1. The van der Waals surface area contributed by atoms with Crippen LogP contribution in [0.2, 0.25) is 0 Å². The zero-order valence-electron chi connectivity index (χ0n) is 17.2. The van der Waals surface area contributed by atoms with Crippen LogP contribution >= 0.6 is 0 Å². The molecule has 0 aliphatic carbocycles. The third-order valence-corrected chi connectivity index (χ3v) is 4.03. The molecule has 0 aromatic heterocycles. The van der Waals surface area contributed by atoms with Crippen molar-refractivity contribution in [3.8, 4) is 0 Å². The van der Waals surface area contributed by atoms with E-state index in [4.69, 9.17) is 4.74 Å². The highest BCUT2D eigenvalue weighted by atomic mass is 19.1. The average molecular weight is 410 g/mol. The van der Waals surface area contributed by atoms with E-state index in [2.05, 4.69) is 10.6 Å². The summed E-state index contributed by atoms with van der Waals surface area (Å²) in [5, 5.41) is 14.4. The first-order valence-electron chi connectivity index (χ1n) is 9.75. The Hall–Kier alpha value is -2.64. The van der Waals surface area contributed by atoms with Crippen molar-refractivity contribution in [2.75, 3.05) is 6.67 Å². The summed E-state index contributed by atoms with van der Waals surface area (Å²) < 4.78 is 17.4. The molecule has 1 aromatic carbocycles. The standard InChI is InChI=1S/C21H31FN2O5/c1-21(2,3)29-20(28)24-17(14-15-10-6-4-7-11-15)18(25)23-16(19(26)27)12-8-5-9-13-22/h4,6-7,10-11,16-17H,5,8-9,12-14H2,1-3H3,(H,23,25)(H,24,28)(H,26,27)/t16-,17-/m1/s1. The number of unbranched alkanes of at least 4 members (excludes halogenated alkanes) is 2. The molecule has 8 heteroatoms. The predicted octanol–water partition coefficient (Wildman–Crippen LogP) is 3.22. The molecule has 0 aliphatic rings. The van der Waals surface area contributed by atoms with Gasteiger partial charge in [0, 0.05) is 6.42 Å². The number of carbonyl (C=O) groups excluding carboxylic acids is 2. The molecule has 0 heterocycles. The van der Waals surface area contributed by atoms with Gasteiger partial charge in [-0.3, -0.25) is 9.18 Å². The normalized spacial score (nSPS) is 13.2. The fraction of sp³-hybridized carbons (Fsp3) is 0.571. The first-order chi connectivity index (χ1) is 13.6. The predicted molar refractivity (Wildman–Crippen MR) is 107 cm³/mol. The Morgan fingerprint density at radius 3 is 2.24 bits per heavy atom. The molecule has 0 radical (unpaired) electrons. The molecule has 7 nitrogen and oxygen atoms in total. The van der Waals surface area contributed by atoms with Gasteiger partial charge in [-0.2, -0.15) is 0 Å². The largest absolute Gasteiger partial charge is 0.480 e. The van der Waals surface area contributed by atoms with Crippen LogP contribution in [0.1, 0.15) is 52.0 Å². The summed E-state index contributed by atoms with van der Waals surface area (Å²) in [6.07, 6.45) is 0.982. The van der Waals surface area contributed by atoms with Gasteiger partial charge in [-0.25, -0.2) is 9.59 Å². The lowest BCUT2D eigenvalue weighted by atomic mass is 10.0. The molecular formula is C21H31FN2O5. The summed E-state index contributed by atoms with van der Waals surface area (Å²) >= 11 is 0. The number of carboxylic acids is 1. The number of carboxylic acid groups (broad SMARTS) is 1. The zero-order chi connectivity index (χ0) is 21.9. The Morgan fingerprint density at radius 1 is 1.03 bits per heavy atom. The van der Waals surface area contributed by atoms with Crippen molar-refractivity contribution in [1.29, 1.82) is 0 Å². The van der Waals surface area contributed by atoms with E-state index >= 15 is 0 Å². The number of hydrogen-bond acceptors (Lipinski definition) is 4. The second kappa shape index (κ2) is 12.0. The Kier molecular flexibility index (Phi) is 10.1. The van der Waals surface area contributed by atoms with Crippen LogP contribution in [0.4, 0.5) is 9.18 Å². The van der Waals surface area contributed by atoms with Gasteiger partial charge >= 0.3 is 12.1 Å². The van der Waals surface area contributed by atoms with Crippen LogP contribution in [0.5, 0.6) is 0 Å². The van der Waals surface area contributed by atoms with Gasteiger partial charge in [0.25, 0.3) is 0 Å². The van der Waals surface area contributed by atoms with Gasteiger partial charge in [-0.15, -0.1) is 0 Å². The molecular weight excluding hydrogens is 379 g/mol. The molecule has 2 atom stereocenters. The number of hydrogen-bond donors (Lipinski definition) is 3. The highest BCUT2D eigenvalue weighted by molar-refractivity contribution is 5.89. The Balaban J connectivity index is 2.84. The first kappa shape index (κ1) is 24.4. The van der Waals surface area contributed by atoms with E-state index < -0.39 is 42.3 Å². The molecule has 0 aliphatic heterocycles. The van der Waals surface area contributed by atoms with Gasteiger partial charge in [0.15, 0.2) is 0 Å². The second-order valence-electron chi connectivity index (χ2n) is 7.83. The smallest absolute Gasteiger partial charge is 0.408 e. The lowest BCUT2D eigenvalue weighted by Gasteiger charge is -2.24. The maximum Gasteiger partial charge on any atom is 0.408 e. The van der Waals surface area contributed by atoms with E-state index in [0.717, 1.165) is 5.56 Å². The average Bonchev–Trinajstić information content (AvgIpc) is 2.62. The molecule has 0 fully saturated rings. The van der Waals surface area contributed by atoms with E-state index in [1.165, 1.54) is 0 Å². The molecule has 1 aromatic rings. The maximum absolute atomic E-state index is 12.7. The van der Waals surface area contributed by atoms with Crippen LogP contribution in [0.25, 0.3) is 0 Å². The summed E-state index contributed by atoms with van der Waals surface area (Å²) in [6.45, 7) is 4.66. The maximum atomic E-state index is 12.7. The minimum absolute atomic E-state index is 0.181. The van der Waals surface area contributed by atoms with Gasteiger partial charge in [-0.05, 0) is 39.2 Å². The van der Waals surface area contributed by atoms with Crippen LogP contribution in [-0.2, 0) is 20.7 Å². The van der Waals surface area contributed by atoms with Gasteiger partial charge in [-0.1, -0.05) is 43.2 Å². The van der Waals surface area contributed by atoms with E-state index in [0.29, 0.717) is 19.3 Å². The summed E-state index contributed by atoms with van der Waals surface area (Å²) in [5.41, 5.74) is 0.0660. The van der Waals surface area contributed by atoms with Crippen molar-refractivity contribution in [3.63, 3.8) is 0 Å². The number of alkyl halides is 1. The number of nitrogens with one attached hydrogen (secondary N) is 2. The van der Waals surface area contributed by atoms with Crippen molar-refractivity contribution in [2.24, 2.45) is 0 Å². The number of benzene rings is 1. The van der Waals surface area contributed by atoms with Gasteiger partial charge < -0.3 is 20.5 Å². The fourth-order valence-electron chi connectivity index (χ4n) is 2.66. The highest BCUT2D eigenvalue weighted by Gasteiger charge is 2.28. The zero-order valence-corrected chi connectivity index (χ0v) is 17.2. The number of rotatable bonds is 11. The quantitative estimate of drug-likeness (QED) is 0.486. The van der Waals surface area contributed by atoms with E-state index in [1.54, 1.807) is 20.8 Å². The van der Waals surface area contributed by atoms with Gasteiger partial charge in [0.2, 0.25) is 5.91 Å². The van der Waals surface area contributed by atoms with E-state index in [1.807, 2.05) is 30.3 Å². The van der Waals surface area contributed by atoms with Crippen molar-refractivity contribution in [1.82, 2.24) is 10.6 Å². The lowest BCUT2D eigenvalue weighted by molar-refractivity contribution is -0.142. The highest BCUT2D eigenvalue weighted by Crippen LogP contribution is 2.10. The van der Waals surface area contributed by atoms with Gasteiger partial charge in [0.1, 0.15) is 17.7 Å². The Morgan fingerprint density at radius 2 is 1.69 bits per heavy atom. The summed E-state index contributed by atoms with van der Waals surface area (Å²) in [4.78, 5) is 36.4. The van der Waals surface area contributed by atoms with Crippen molar-refractivity contribution >= 4 is 18.0 Å². The number of carbonyl (C=O) groups is 3. The van der Waals surface area contributed by atoms with Gasteiger partial charge in [0.05, 0.1) is 6.67 Å². The van der Waals surface area contributed by atoms with Crippen LogP contribution in [0, 0.1) is 0 Å². The number of halogens is 1. The summed E-state index contributed by atoms with van der Waals surface area (Å²) in [6, 6.07) is 6.95. The molecule has 162 valence electrons. The molecule has 1 rings (SSSR count). The van der Waals surface area contributed by atoms with Crippen molar-refractivity contribution < 1.29 is 28.6 Å². The molecule has 0 saturated carbocycles. The number of alkyl carbamates (subject to hydrolysis) is 1. The molecule has 0 unspecified atom stereocenters. The number of amides is 2. The second-order valence-corrected chi connectivity index (χ2v) is 7.83. The van der Waals surface area contributed by atoms with E-state index in [-0.39, 0.29) is 12.8 Å². The van der Waals surface area contributed by atoms with Crippen molar-refractivity contribution in [3.05, 3.63) is 35.9 Å². The molecule has 0 spiro atoms. The SMILES string of the molecule is CC(C)(C)OC(=O)N[C@H](Cc1ccccc1)C(=O)N[C@H](CCCCCF)C(=O)O. The molecule has 2 amide bonds. The first-order valence-corrected chi connectivity index (χ1v) is 9.75. The topological polar surface area (TPSA) is 105 Å². The van der Waals surface area contributed by atoms with Crippen LogP contribution in [0.15, 0.2) is 30.3 Å². The third-order valence-electron chi connectivity index (χ3n) is 4.03. The fourth-order valence-corrected chi connectivity index (χ4v) is 2.66. The molecule has 0 bridgehead atoms. The third kappa shape index (κ3) is 10.5. The van der Waals surface area contributed by atoms with Crippen LogP contribution in [-0.4, -0.2) is 47.4 Å². The summed E-state index contributed by atoms with van der Waals surface area (Å²) in [7, 11) is 0. The molecule has 29 heavy (non-hydrogen) atoms. The minimum atomic E-state index is -1.17. The Bertz CT molecular complexity index is 661. The number of ether oxygens (including phenoxy) is 1. The minimum Gasteiger partial charge on any atom is -0.480 e. The Labute approximate surface area is 171 Å². The lowest BCUT2D eigenvalue weighted by Crippen LogP contribution is -2.53. The molecule has 0 saturated heterocycles.